The lowest BCUT2D eigenvalue weighted by Gasteiger charge is -2.19. The van der Waals surface area contributed by atoms with Crippen molar-refractivity contribution in [1.82, 2.24) is 0 Å². The molecule has 0 amide bonds. The lowest BCUT2D eigenvalue weighted by Crippen LogP contribution is -2.43. The average molecular weight is 369 g/mol. The van der Waals surface area contributed by atoms with E-state index in [0.717, 1.165) is 0 Å². The van der Waals surface area contributed by atoms with Crippen LogP contribution in [0.25, 0.3) is 0 Å². The number of nitrogens with zero attached hydrogens (tertiary/aromatic N) is 2. The number of nitriles is 1. The van der Waals surface area contributed by atoms with Crippen LogP contribution in [-0.4, -0.2) is 36.5 Å². The van der Waals surface area contributed by atoms with Crippen LogP contribution in [0.3, 0.4) is 0 Å². The maximum Gasteiger partial charge on any atom is 0.356 e. The molecule has 9 heteroatoms. The zero-order chi connectivity index (χ0) is 17.5. The van der Waals surface area contributed by atoms with Crippen LogP contribution in [0.1, 0.15) is 12.0 Å². The van der Waals surface area contributed by atoms with Gasteiger partial charge in [0.1, 0.15) is 11.6 Å². The van der Waals surface area contributed by atoms with Crippen LogP contribution in [0.2, 0.25) is 10.0 Å². The second-order valence-electron chi connectivity index (χ2n) is 5.24. The Balaban J connectivity index is 2.00. The molecule has 0 saturated carbocycles. The standard InChI is InChI=1S/C15H10Cl2N2O5/c1-22-13(20)10-5-15(14(21)23-10)7(6-18)12(19-24-15)11-8(16)3-2-4-9(11)17/h2-4,7,10H,5H2,1H3/t7-,10-,15-/m0/s1. The fraction of sp³-hybridized carbons (Fsp3) is 0.333. The molecule has 24 heavy (non-hydrogen) atoms. The number of rotatable bonds is 2. The van der Waals surface area contributed by atoms with Crippen molar-refractivity contribution in [2.75, 3.05) is 7.11 Å². The molecule has 3 rings (SSSR count). The Morgan fingerprint density at radius 2 is 2.12 bits per heavy atom. The fourth-order valence-corrected chi connectivity index (χ4v) is 3.35. The second-order valence-corrected chi connectivity index (χ2v) is 6.05. The van der Waals surface area contributed by atoms with Gasteiger partial charge in [-0.05, 0) is 12.1 Å². The first kappa shape index (κ1) is 16.6. The molecule has 2 aliphatic heterocycles. The third-order valence-corrected chi connectivity index (χ3v) is 4.57. The molecular weight excluding hydrogens is 359 g/mol. The maximum absolute atomic E-state index is 12.3. The molecule has 1 spiro atoms. The minimum absolute atomic E-state index is 0.121. The minimum Gasteiger partial charge on any atom is -0.466 e. The molecule has 0 bridgehead atoms. The number of esters is 2. The van der Waals surface area contributed by atoms with E-state index in [-0.39, 0.29) is 22.2 Å². The normalized spacial score (nSPS) is 28.1. The summed E-state index contributed by atoms with van der Waals surface area (Å²) in [6.07, 6.45) is -1.35. The third-order valence-electron chi connectivity index (χ3n) is 3.94. The van der Waals surface area contributed by atoms with Gasteiger partial charge in [0.25, 0.3) is 5.60 Å². The molecule has 0 unspecified atom stereocenters. The van der Waals surface area contributed by atoms with Gasteiger partial charge in [0, 0.05) is 5.56 Å². The number of carbonyl (C=O) groups excluding carboxylic acids is 2. The third kappa shape index (κ3) is 2.30. The van der Waals surface area contributed by atoms with Crippen LogP contribution < -0.4 is 0 Å². The smallest absolute Gasteiger partial charge is 0.356 e. The van der Waals surface area contributed by atoms with Crippen molar-refractivity contribution in [3.05, 3.63) is 33.8 Å². The quantitative estimate of drug-likeness (QED) is 0.741. The van der Waals surface area contributed by atoms with Crippen molar-refractivity contribution < 1.29 is 23.9 Å². The highest BCUT2D eigenvalue weighted by atomic mass is 35.5. The van der Waals surface area contributed by atoms with E-state index in [4.69, 9.17) is 32.8 Å². The number of hydrogen-bond donors (Lipinski definition) is 0. The van der Waals surface area contributed by atoms with E-state index < -0.39 is 29.6 Å². The number of benzene rings is 1. The van der Waals surface area contributed by atoms with Gasteiger partial charge in [-0.2, -0.15) is 5.26 Å². The predicted octanol–water partition coefficient (Wildman–Crippen LogP) is 2.09. The van der Waals surface area contributed by atoms with Crippen LogP contribution >= 0.6 is 23.2 Å². The zero-order valence-electron chi connectivity index (χ0n) is 12.3. The van der Waals surface area contributed by atoms with Crippen LogP contribution in [0.5, 0.6) is 0 Å². The highest BCUT2D eigenvalue weighted by Crippen LogP contribution is 2.44. The van der Waals surface area contributed by atoms with Gasteiger partial charge in [0.2, 0.25) is 6.10 Å². The largest absolute Gasteiger partial charge is 0.466 e. The summed E-state index contributed by atoms with van der Waals surface area (Å²) in [5.74, 6) is -2.71. The van der Waals surface area contributed by atoms with Gasteiger partial charge in [0.05, 0.1) is 29.6 Å². The monoisotopic (exact) mass is 368 g/mol. The van der Waals surface area contributed by atoms with E-state index in [1.165, 1.54) is 7.11 Å². The molecule has 2 heterocycles. The Morgan fingerprint density at radius 3 is 2.71 bits per heavy atom. The number of carbonyl (C=O) groups is 2. The number of hydrogen-bond acceptors (Lipinski definition) is 7. The molecule has 0 aliphatic carbocycles. The molecule has 7 nitrogen and oxygen atoms in total. The van der Waals surface area contributed by atoms with Gasteiger partial charge in [-0.25, -0.2) is 9.59 Å². The Hall–Kier alpha value is -2.30. The van der Waals surface area contributed by atoms with Gasteiger partial charge in [-0.1, -0.05) is 34.4 Å². The van der Waals surface area contributed by atoms with Crippen molar-refractivity contribution in [2.45, 2.75) is 18.1 Å². The van der Waals surface area contributed by atoms with Crippen LogP contribution in [0.15, 0.2) is 23.4 Å². The molecule has 1 aromatic carbocycles. The van der Waals surface area contributed by atoms with E-state index in [9.17, 15) is 14.9 Å². The van der Waals surface area contributed by atoms with E-state index in [2.05, 4.69) is 9.89 Å². The highest BCUT2D eigenvalue weighted by Gasteiger charge is 2.64. The van der Waals surface area contributed by atoms with E-state index >= 15 is 0 Å². The molecule has 3 atom stereocenters. The summed E-state index contributed by atoms with van der Waals surface area (Å²) in [6.45, 7) is 0. The molecule has 1 saturated heterocycles. The number of halogens is 2. The lowest BCUT2D eigenvalue weighted by molar-refractivity contribution is -0.165. The second kappa shape index (κ2) is 5.96. The SMILES string of the molecule is COC(=O)[C@@H]1C[C@@]2(ON=C(c3c(Cl)cccc3Cl)[C@@H]2C#N)C(=O)O1. The molecule has 0 radical (unpaired) electrons. The molecule has 1 aromatic rings. The Kier molecular flexibility index (Phi) is 4.11. The molecule has 1 fully saturated rings. The predicted molar refractivity (Wildman–Crippen MR) is 82.4 cm³/mol. The summed E-state index contributed by atoms with van der Waals surface area (Å²) in [5.41, 5.74) is -1.29. The molecule has 2 aliphatic rings. The van der Waals surface area contributed by atoms with Gasteiger partial charge in [-0.3, -0.25) is 0 Å². The first-order valence-corrected chi connectivity index (χ1v) is 7.59. The molecule has 124 valence electrons. The van der Waals surface area contributed by atoms with Crippen LogP contribution in [-0.2, 0) is 23.9 Å². The molecule has 0 N–H and O–H groups in total. The van der Waals surface area contributed by atoms with Gasteiger partial charge in [0.15, 0.2) is 0 Å². The summed E-state index contributed by atoms with van der Waals surface area (Å²) in [5, 5.41) is 14.0. The summed E-state index contributed by atoms with van der Waals surface area (Å²) in [7, 11) is 1.17. The summed E-state index contributed by atoms with van der Waals surface area (Å²) in [4.78, 5) is 29.2. The van der Waals surface area contributed by atoms with E-state index in [1.54, 1.807) is 18.2 Å². The van der Waals surface area contributed by atoms with E-state index in [1.807, 2.05) is 6.07 Å². The zero-order valence-corrected chi connectivity index (χ0v) is 13.8. The summed E-state index contributed by atoms with van der Waals surface area (Å²) >= 11 is 12.3. The summed E-state index contributed by atoms with van der Waals surface area (Å²) in [6, 6.07) is 6.78. The molecule has 0 aromatic heterocycles. The topological polar surface area (TPSA) is 98.0 Å². The Bertz CT molecular complexity index is 783. The van der Waals surface area contributed by atoms with Crippen LogP contribution in [0.4, 0.5) is 0 Å². The van der Waals surface area contributed by atoms with Crippen molar-refractivity contribution in [3.63, 3.8) is 0 Å². The first-order chi connectivity index (χ1) is 11.4. The summed E-state index contributed by atoms with van der Waals surface area (Å²) < 4.78 is 9.57. The van der Waals surface area contributed by atoms with Crippen molar-refractivity contribution in [2.24, 2.45) is 11.1 Å². The van der Waals surface area contributed by atoms with Gasteiger partial charge in [-0.15, -0.1) is 0 Å². The minimum atomic E-state index is -1.72. The lowest BCUT2D eigenvalue weighted by atomic mass is 9.81. The highest BCUT2D eigenvalue weighted by molar-refractivity contribution is 6.40. The van der Waals surface area contributed by atoms with Crippen molar-refractivity contribution >= 4 is 40.9 Å². The maximum atomic E-state index is 12.3. The Morgan fingerprint density at radius 1 is 1.46 bits per heavy atom. The fourth-order valence-electron chi connectivity index (χ4n) is 2.76. The van der Waals surface area contributed by atoms with Crippen molar-refractivity contribution in [1.29, 1.82) is 5.26 Å². The average Bonchev–Trinajstić information content (AvgIpc) is 3.08. The Labute approximate surface area is 146 Å². The number of cyclic esters (lactones) is 1. The number of ether oxygens (including phenoxy) is 2. The first-order valence-electron chi connectivity index (χ1n) is 6.83. The van der Waals surface area contributed by atoms with Gasteiger partial charge < -0.3 is 14.3 Å². The number of methoxy groups -OCH3 is 1. The van der Waals surface area contributed by atoms with Crippen LogP contribution in [0, 0.1) is 17.2 Å². The molecular formula is C15H10Cl2N2O5. The van der Waals surface area contributed by atoms with E-state index in [0.29, 0.717) is 5.56 Å². The van der Waals surface area contributed by atoms with Gasteiger partial charge >= 0.3 is 11.9 Å². The van der Waals surface area contributed by atoms with Crippen molar-refractivity contribution in [3.8, 4) is 6.07 Å². The number of oxime groups is 1.